The molecule has 2 N–H and O–H groups in total. The lowest BCUT2D eigenvalue weighted by Crippen LogP contribution is -2.46. The number of halogens is 2. The highest BCUT2D eigenvalue weighted by Crippen LogP contribution is 2.52. The van der Waals surface area contributed by atoms with E-state index in [1.165, 1.54) is 32.4 Å². The number of carbonyl (C=O) groups excluding carboxylic acids is 1. The number of carbonyl (C=O) groups is 1. The van der Waals surface area contributed by atoms with Crippen LogP contribution in [0.4, 0.5) is 0 Å². The largest absolute Gasteiger partial charge is 0.496 e. The molecule has 0 fully saturated rings. The standard InChI is InChI=1S/C22H22Cl2O5/c1-4-5-6-13-18-16(28-2)9-10-17(29-3)19(18)21(26)22(27,20(13)25)12-7-8-14(23)15(24)11-12/h6-11,21,26-27H,4-5H2,1-3H3/b13-6-/t21-,22+/m1/s1. The Morgan fingerprint density at radius 1 is 1.10 bits per heavy atom. The maximum Gasteiger partial charge on any atom is 0.202 e. The van der Waals surface area contributed by atoms with Crippen molar-refractivity contribution in [1.82, 2.24) is 0 Å². The number of unbranched alkanes of at least 4 members (excludes halogenated alkanes) is 1. The zero-order valence-corrected chi connectivity index (χ0v) is 17.8. The van der Waals surface area contributed by atoms with E-state index >= 15 is 0 Å². The average Bonchev–Trinajstić information content (AvgIpc) is 2.73. The second kappa shape index (κ2) is 8.36. The summed E-state index contributed by atoms with van der Waals surface area (Å²) >= 11 is 12.1. The Hall–Kier alpha value is -2.05. The lowest BCUT2D eigenvalue weighted by Gasteiger charge is -2.39. The third kappa shape index (κ3) is 3.42. The van der Waals surface area contributed by atoms with Crippen molar-refractivity contribution in [1.29, 1.82) is 0 Å². The summed E-state index contributed by atoms with van der Waals surface area (Å²) < 4.78 is 10.9. The molecule has 0 saturated carbocycles. The van der Waals surface area contributed by atoms with Gasteiger partial charge in [-0.3, -0.25) is 4.79 Å². The minimum Gasteiger partial charge on any atom is -0.496 e. The molecular formula is C22H22Cl2O5. The van der Waals surface area contributed by atoms with Crippen LogP contribution in [0.15, 0.2) is 36.4 Å². The van der Waals surface area contributed by atoms with Gasteiger partial charge in [0.15, 0.2) is 5.60 Å². The van der Waals surface area contributed by atoms with Crippen LogP contribution in [0.1, 0.15) is 42.6 Å². The molecule has 29 heavy (non-hydrogen) atoms. The van der Waals surface area contributed by atoms with Gasteiger partial charge in [0.25, 0.3) is 0 Å². The predicted molar refractivity (Wildman–Crippen MR) is 113 cm³/mol. The SMILES string of the molecule is CCC/C=C1\C(=O)[C@@](O)(c2ccc(Cl)c(Cl)c2)[C@H](O)c2c(OC)ccc(OC)c21. The molecule has 0 aliphatic heterocycles. The van der Waals surface area contributed by atoms with Crippen LogP contribution < -0.4 is 9.47 Å². The number of ketones is 1. The number of benzene rings is 2. The highest BCUT2D eigenvalue weighted by atomic mass is 35.5. The topological polar surface area (TPSA) is 76.0 Å². The van der Waals surface area contributed by atoms with Gasteiger partial charge >= 0.3 is 0 Å². The first-order valence-electron chi connectivity index (χ1n) is 9.17. The van der Waals surface area contributed by atoms with Crippen molar-refractivity contribution in [2.24, 2.45) is 0 Å². The van der Waals surface area contributed by atoms with Crippen LogP contribution in [0, 0.1) is 0 Å². The fourth-order valence-corrected chi connectivity index (χ4v) is 3.93. The molecular weight excluding hydrogens is 415 g/mol. The van der Waals surface area contributed by atoms with Gasteiger partial charge < -0.3 is 19.7 Å². The van der Waals surface area contributed by atoms with Crippen LogP contribution >= 0.6 is 23.2 Å². The number of methoxy groups -OCH3 is 2. The summed E-state index contributed by atoms with van der Waals surface area (Å²) in [5, 5.41) is 23.2. The Kier molecular flexibility index (Phi) is 6.24. The van der Waals surface area contributed by atoms with Gasteiger partial charge in [-0.1, -0.05) is 48.7 Å². The Bertz CT molecular complexity index is 985. The molecule has 2 aromatic rings. The van der Waals surface area contributed by atoms with Gasteiger partial charge in [0.1, 0.15) is 17.6 Å². The molecule has 3 rings (SSSR count). The molecule has 2 atom stereocenters. The minimum atomic E-state index is -2.26. The number of fused-ring (bicyclic) bond motifs is 1. The van der Waals surface area contributed by atoms with E-state index in [-0.39, 0.29) is 26.7 Å². The molecule has 0 heterocycles. The third-order valence-electron chi connectivity index (χ3n) is 5.13. The molecule has 0 saturated heterocycles. The second-order valence-corrected chi connectivity index (χ2v) is 7.61. The van der Waals surface area contributed by atoms with Gasteiger partial charge in [0, 0.05) is 16.7 Å². The third-order valence-corrected chi connectivity index (χ3v) is 5.87. The Morgan fingerprint density at radius 2 is 1.76 bits per heavy atom. The van der Waals surface area contributed by atoms with Crippen LogP contribution in [-0.2, 0) is 10.4 Å². The van der Waals surface area contributed by atoms with Gasteiger partial charge in [-0.15, -0.1) is 0 Å². The van der Waals surface area contributed by atoms with Crippen molar-refractivity contribution < 1.29 is 24.5 Å². The molecule has 0 unspecified atom stereocenters. The van der Waals surface area contributed by atoms with Crippen LogP contribution in [0.5, 0.6) is 11.5 Å². The van der Waals surface area contributed by atoms with Crippen molar-refractivity contribution in [3.8, 4) is 11.5 Å². The van der Waals surface area contributed by atoms with Crippen LogP contribution in [0.2, 0.25) is 10.0 Å². The number of rotatable bonds is 5. The number of ether oxygens (including phenoxy) is 2. The first-order valence-corrected chi connectivity index (χ1v) is 9.92. The summed E-state index contributed by atoms with van der Waals surface area (Å²) in [6.07, 6.45) is 1.55. The highest BCUT2D eigenvalue weighted by Gasteiger charge is 2.53. The molecule has 0 spiro atoms. The van der Waals surface area contributed by atoms with Gasteiger partial charge in [0.05, 0.1) is 24.3 Å². The maximum atomic E-state index is 13.5. The fraction of sp³-hybridized carbons (Fsp3) is 0.318. The molecule has 1 aliphatic carbocycles. The molecule has 154 valence electrons. The lowest BCUT2D eigenvalue weighted by molar-refractivity contribution is -0.148. The first-order chi connectivity index (χ1) is 13.8. The number of aliphatic hydroxyl groups excluding tert-OH is 1. The van der Waals surface area contributed by atoms with Crippen molar-refractivity contribution in [3.63, 3.8) is 0 Å². The molecule has 5 nitrogen and oxygen atoms in total. The molecule has 1 aliphatic rings. The zero-order valence-electron chi connectivity index (χ0n) is 16.3. The fourth-order valence-electron chi connectivity index (χ4n) is 3.64. The Balaban J connectivity index is 2.36. The number of aliphatic hydroxyl groups is 2. The number of allylic oxidation sites excluding steroid dienone is 1. The quantitative estimate of drug-likeness (QED) is 0.664. The van der Waals surface area contributed by atoms with Crippen molar-refractivity contribution in [2.45, 2.75) is 31.5 Å². The Labute approximate surface area is 179 Å². The molecule has 0 radical (unpaired) electrons. The smallest absolute Gasteiger partial charge is 0.202 e. The summed E-state index contributed by atoms with van der Waals surface area (Å²) in [5.74, 6) is 0.101. The van der Waals surface area contributed by atoms with Gasteiger partial charge in [-0.05, 0) is 36.2 Å². The van der Waals surface area contributed by atoms with Gasteiger partial charge in [-0.2, -0.15) is 0 Å². The number of hydrogen-bond donors (Lipinski definition) is 2. The summed E-state index contributed by atoms with van der Waals surface area (Å²) in [6, 6.07) is 7.64. The van der Waals surface area contributed by atoms with E-state index in [0.29, 0.717) is 23.5 Å². The summed E-state index contributed by atoms with van der Waals surface area (Å²) in [4.78, 5) is 13.5. The summed E-state index contributed by atoms with van der Waals surface area (Å²) in [6.45, 7) is 1.98. The predicted octanol–water partition coefficient (Wildman–Crippen LogP) is 4.70. The highest BCUT2D eigenvalue weighted by molar-refractivity contribution is 6.42. The van der Waals surface area contributed by atoms with Gasteiger partial charge in [0.2, 0.25) is 5.78 Å². The number of Topliss-reactive ketones (excluding diaryl/α,β-unsaturated/α-hetero) is 1. The normalized spacial score (nSPS) is 22.5. The van der Waals surface area contributed by atoms with E-state index in [0.717, 1.165) is 6.42 Å². The first kappa shape index (κ1) is 21.7. The molecule has 2 aromatic carbocycles. The average molecular weight is 437 g/mol. The molecule has 0 bridgehead atoms. The van der Waals surface area contributed by atoms with Crippen molar-refractivity contribution >= 4 is 34.6 Å². The van der Waals surface area contributed by atoms with E-state index in [2.05, 4.69) is 0 Å². The minimum absolute atomic E-state index is 0.141. The van der Waals surface area contributed by atoms with Gasteiger partial charge in [-0.25, -0.2) is 0 Å². The Morgan fingerprint density at radius 3 is 2.34 bits per heavy atom. The summed E-state index contributed by atoms with van der Waals surface area (Å²) in [7, 11) is 2.94. The molecule has 7 heteroatoms. The summed E-state index contributed by atoms with van der Waals surface area (Å²) in [5.41, 5.74) is -1.16. The van der Waals surface area contributed by atoms with E-state index in [1.807, 2.05) is 6.92 Å². The van der Waals surface area contributed by atoms with E-state index in [9.17, 15) is 15.0 Å². The van der Waals surface area contributed by atoms with E-state index in [4.69, 9.17) is 32.7 Å². The van der Waals surface area contributed by atoms with E-state index < -0.39 is 17.5 Å². The van der Waals surface area contributed by atoms with Crippen molar-refractivity contribution in [2.75, 3.05) is 14.2 Å². The second-order valence-electron chi connectivity index (χ2n) is 6.79. The van der Waals surface area contributed by atoms with Crippen LogP contribution in [0.25, 0.3) is 5.57 Å². The van der Waals surface area contributed by atoms with Crippen molar-refractivity contribution in [3.05, 3.63) is 63.1 Å². The van der Waals surface area contributed by atoms with Crippen LogP contribution in [-0.4, -0.2) is 30.2 Å². The molecule has 0 aromatic heterocycles. The lowest BCUT2D eigenvalue weighted by atomic mass is 9.70. The number of hydrogen-bond acceptors (Lipinski definition) is 5. The monoisotopic (exact) mass is 436 g/mol. The van der Waals surface area contributed by atoms with E-state index in [1.54, 1.807) is 18.2 Å². The van der Waals surface area contributed by atoms with Crippen LogP contribution in [0.3, 0.4) is 0 Å². The zero-order chi connectivity index (χ0) is 21.3. The molecule has 0 amide bonds. The maximum absolute atomic E-state index is 13.5.